The lowest BCUT2D eigenvalue weighted by Gasteiger charge is -2.33. The van der Waals surface area contributed by atoms with Crippen LogP contribution in [0, 0.1) is 5.92 Å². The molecule has 6 heteroatoms. The van der Waals surface area contributed by atoms with E-state index in [1.807, 2.05) is 44.2 Å². The molecule has 1 aliphatic rings. The number of carbonyl (C=O) groups excluding carboxylic acids is 2. The third-order valence-corrected chi connectivity index (χ3v) is 6.90. The standard InChI is InChI=1S/C30H36N4O2/c1-22(2)29(35)32-27-12-6-10-25(20-27)23-13-17-34(18-14-23)19-15-28(24-8-4-3-5-9-24)33-30(36)26-11-7-16-31-21-26/h3-12,16,20-23,28H,13-15,17-19H2,1-2H3,(H,32,35)(H,33,36). The molecule has 0 saturated carbocycles. The van der Waals surface area contributed by atoms with Gasteiger partial charge in [-0.2, -0.15) is 0 Å². The molecular weight excluding hydrogens is 448 g/mol. The van der Waals surface area contributed by atoms with Crippen molar-refractivity contribution < 1.29 is 9.59 Å². The Balaban J connectivity index is 1.33. The van der Waals surface area contributed by atoms with Crippen molar-refractivity contribution in [3.8, 4) is 0 Å². The van der Waals surface area contributed by atoms with Gasteiger partial charge in [-0.15, -0.1) is 0 Å². The number of benzene rings is 2. The molecule has 2 aromatic carbocycles. The van der Waals surface area contributed by atoms with Crippen LogP contribution in [0.4, 0.5) is 5.69 Å². The summed E-state index contributed by atoms with van der Waals surface area (Å²) in [6, 6.07) is 22.0. The highest BCUT2D eigenvalue weighted by Crippen LogP contribution is 2.30. The van der Waals surface area contributed by atoms with E-state index < -0.39 is 0 Å². The molecule has 4 rings (SSSR count). The molecule has 6 nitrogen and oxygen atoms in total. The topological polar surface area (TPSA) is 74.3 Å². The number of aromatic nitrogens is 1. The number of pyridine rings is 1. The van der Waals surface area contributed by atoms with Crippen molar-refractivity contribution in [2.75, 3.05) is 25.0 Å². The Hall–Kier alpha value is -3.51. The van der Waals surface area contributed by atoms with Gasteiger partial charge in [0.1, 0.15) is 0 Å². The predicted octanol–water partition coefficient (Wildman–Crippen LogP) is 5.42. The number of nitrogens with one attached hydrogen (secondary N) is 2. The van der Waals surface area contributed by atoms with Crippen LogP contribution in [-0.4, -0.2) is 41.3 Å². The number of hydrogen-bond donors (Lipinski definition) is 2. The Morgan fingerprint density at radius 2 is 1.78 bits per heavy atom. The third-order valence-electron chi connectivity index (χ3n) is 6.90. The van der Waals surface area contributed by atoms with E-state index in [1.165, 1.54) is 5.56 Å². The van der Waals surface area contributed by atoms with Crippen molar-refractivity contribution >= 4 is 17.5 Å². The molecule has 0 aliphatic carbocycles. The molecule has 0 radical (unpaired) electrons. The van der Waals surface area contributed by atoms with E-state index in [2.05, 4.69) is 44.8 Å². The Morgan fingerprint density at radius 3 is 2.47 bits per heavy atom. The zero-order valence-electron chi connectivity index (χ0n) is 21.2. The molecular formula is C30H36N4O2. The SMILES string of the molecule is CC(C)C(=O)Nc1cccc(C2CCN(CCC(NC(=O)c3cccnc3)c3ccccc3)CC2)c1. The molecule has 0 bridgehead atoms. The van der Waals surface area contributed by atoms with Crippen molar-refractivity contribution in [3.63, 3.8) is 0 Å². The Kier molecular flexibility index (Phi) is 8.85. The molecule has 1 saturated heterocycles. The maximum atomic E-state index is 12.8. The van der Waals surface area contributed by atoms with Gasteiger partial charge in [0.05, 0.1) is 11.6 Å². The number of rotatable bonds is 9. The number of anilines is 1. The smallest absolute Gasteiger partial charge is 0.253 e. The summed E-state index contributed by atoms with van der Waals surface area (Å²) in [7, 11) is 0. The number of nitrogens with zero attached hydrogens (tertiary/aromatic N) is 2. The first-order chi connectivity index (χ1) is 17.5. The number of likely N-dealkylation sites (tertiary alicyclic amines) is 1. The van der Waals surface area contributed by atoms with Gasteiger partial charge in [0.15, 0.2) is 0 Å². The molecule has 1 atom stereocenters. The van der Waals surface area contributed by atoms with Gasteiger partial charge in [-0.3, -0.25) is 14.6 Å². The Labute approximate surface area is 214 Å². The second kappa shape index (κ2) is 12.5. The fraction of sp³-hybridized carbons (Fsp3) is 0.367. The summed E-state index contributed by atoms with van der Waals surface area (Å²) in [5.41, 5.74) is 3.86. The summed E-state index contributed by atoms with van der Waals surface area (Å²) < 4.78 is 0. The highest BCUT2D eigenvalue weighted by atomic mass is 16.2. The molecule has 1 aliphatic heterocycles. The first-order valence-electron chi connectivity index (χ1n) is 12.9. The fourth-order valence-electron chi connectivity index (χ4n) is 4.70. The average molecular weight is 485 g/mol. The second-order valence-corrected chi connectivity index (χ2v) is 9.85. The maximum Gasteiger partial charge on any atom is 0.253 e. The van der Waals surface area contributed by atoms with E-state index in [1.54, 1.807) is 24.5 Å². The van der Waals surface area contributed by atoms with Crippen LogP contribution in [0.3, 0.4) is 0 Å². The van der Waals surface area contributed by atoms with Crippen LogP contribution >= 0.6 is 0 Å². The van der Waals surface area contributed by atoms with E-state index in [0.717, 1.165) is 50.1 Å². The minimum Gasteiger partial charge on any atom is -0.345 e. The summed E-state index contributed by atoms with van der Waals surface area (Å²) in [5.74, 6) is 0.406. The molecule has 2 heterocycles. The Bertz CT molecular complexity index is 1130. The molecule has 0 spiro atoms. The van der Waals surface area contributed by atoms with E-state index in [9.17, 15) is 9.59 Å². The average Bonchev–Trinajstić information content (AvgIpc) is 2.92. The number of amides is 2. The van der Waals surface area contributed by atoms with Gasteiger partial charge in [-0.25, -0.2) is 0 Å². The summed E-state index contributed by atoms with van der Waals surface area (Å²) in [6.45, 7) is 6.77. The normalized spacial score (nSPS) is 15.4. The van der Waals surface area contributed by atoms with Gasteiger partial charge in [0.2, 0.25) is 5.91 Å². The summed E-state index contributed by atoms with van der Waals surface area (Å²) in [6.07, 6.45) is 6.29. The van der Waals surface area contributed by atoms with E-state index in [-0.39, 0.29) is 23.8 Å². The van der Waals surface area contributed by atoms with Crippen molar-refractivity contribution in [3.05, 3.63) is 95.8 Å². The summed E-state index contributed by atoms with van der Waals surface area (Å²) >= 11 is 0. The van der Waals surface area contributed by atoms with E-state index in [0.29, 0.717) is 11.5 Å². The highest BCUT2D eigenvalue weighted by molar-refractivity contribution is 5.94. The Morgan fingerprint density at radius 1 is 1.00 bits per heavy atom. The van der Waals surface area contributed by atoms with Crippen LogP contribution in [0.2, 0.25) is 0 Å². The second-order valence-electron chi connectivity index (χ2n) is 9.85. The van der Waals surface area contributed by atoms with Crippen molar-refractivity contribution in [1.82, 2.24) is 15.2 Å². The molecule has 36 heavy (non-hydrogen) atoms. The van der Waals surface area contributed by atoms with Gasteiger partial charge in [-0.05, 0) is 73.7 Å². The maximum absolute atomic E-state index is 12.8. The minimum absolute atomic E-state index is 0.0363. The molecule has 1 fully saturated rings. The zero-order chi connectivity index (χ0) is 25.3. The molecule has 2 amide bonds. The first-order valence-corrected chi connectivity index (χ1v) is 12.9. The van der Waals surface area contributed by atoms with Crippen molar-refractivity contribution in [2.45, 2.75) is 45.1 Å². The van der Waals surface area contributed by atoms with Gasteiger partial charge in [0.25, 0.3) is 5.91 Å². The largest absolute Gasteiger partial charge is 0.345 e. The predicted molar refractivity (Wildman–Crippen MR) is 144 cm³/mol. The van der Waals surface area contributed by atoms with Crippen molar-refractivity contribution in [2.24, 2.45) is 5.92 Å². The lowest BCUT2D eigenvalue weighted by Crippen LogP contribution is -2.36. The molecule has 1 aromatic heterocycles. The van der Waals surface area contributed by atoms with Crippen molar-refractivity contribution in [1.29, 1.82) is 0 Å². The van der Waals surface area contributed by atoms with Gasteiger partial charge in [0, 0.05) is 30.5 Å². The fourth-order valence-corrected chi connectivity index (χ4v) is 4.70. The number of piperidine rings is 1. The molecule has 3 aromatic rings. The first kappa shape index (κ1) is 25.6. The van der Waals surface area contributed by atoms with Crippen LogP contribution in [0.25, 0.3) is 0 Å². The highest BCUT2D eigenvalue weighted by Gasteiger charge is 2.23. The minimum atomic E-state index is -0.0971. The molecule has 1 unspecified atom stereocenters. The number of carbonyl (C=O) groups is 2. The van der Waals surface area contributed by atoms with Gasteiger partial charge < -0.3 is 15.5 Å². The molecule has 2 N–H and O–H groups in total. The quantitative estimate of drug-likeness (QED) is 0.425. The summed E-state index contributed by atoms with van der Waals surface area (Å²) in [5, 5.41) is 6.23. The van der Waals surface area contributed by atoms with Crippen LogP contribution in [0.15, 0.2) is 79.1 Å². The van der Waals surface area contributed by atoms with Gasteiger partial charge >= 0.3 is 0 Å². The van der Waals surface area contributed by atoms with E-state index in [4.69, 9.17) is 0 Å². The van der Waals surface area contributed by atoms with Gasteiger partial charge in [-0.1, -0.05) is 56.3 Å². The zero-order valence-corrected chi connectivity index (χ0v) is 21.2. The molecule has 188 valence electrons. The lowest BCUT2D eigenvalue weighted by atomic mass is 9.89. The van der Waals surface area contributed by atoms with Crippen LogP contribution < -0.4 is 10.6 Å². The lowest BCUT2D eigenvalue weighted by molar-refractivity contribution is -0.118. The number of hydrogen-bond acceptors (Lipinski definition) is 4. The van der Waals surface area contributed by atoms with Crippen LogP contribution in [0.5, 0.6) is 0 Å². The van der Waals surface area contributed by atoms with Crippen LogP contribution in [-0.2, 0) is 4.79 Å². The van der Waals surface area contributed by atoms with Crippen LogP contribution in [0.1, 0.15) is 66.6 Å². The van der Waals surface area contributed by atoms with E-state index >= 15 is 0 Å². The monoisotopic (exact) mass is 484 g/mol. The summed E-state index contributed by atoms with van der Waals surface area (Å²) in [4.78, 5) is 31.5. The third kappa shape index (κ3) is 7.01.